The average molecular weight is 279 g/mol. The maximum atomic E-state index is 12.1. The fourth-order valence-corrected chi connectivity index (χ4v) is 1.96. The minimum atomic E-state index is -0.229. The molecule has 3 aromatic rings. The van der Waals surface area contributed by atoms with Gasteiger partial charge in [0.15, 0.2) is 0 Å². The Bertz CT molecular complexity index is 749. The first-order valence-corrected chi connectivity index (χ1v) is 6.43. The van der Waals surface area contributed by atoms with Crippen LogP contribution in [0.25, 0.3) is 5.69 Å². The second kappa shape index (κ2) is 5.50. The summed E-state index contributed by atoms with van der Waals surface area (Å²) in [6.45, 7) is 0. The summed E-state index contributed by atoms with van der Waals surface area (Å²) in [7, 11) is 0. The van der Waals surface area contributed by atoms with E-state index in [1.807, 2.05) is 36.5 Å². The molecule has 0 fully saturated rings. The standard InChI is InChI=1S/C16H13N3O2/c20-15-7-5-12(6-8-15)16(21)18-13-3-1-4-14(11-13)19-10-2-9-17-19/h1-11,20H,(H,18,21). The lowest BCUT2D eigenvalue weighted by Gasteiger charge is -2.08. The number of carbonyl (C=O) groups is 1. The molecule has 5 nitrogen and oxygen atoms in total. The minimum absolute atomic E-state index is 0.132. The van der Waals surface area contributed by atoms with Crippen molar-refractivity contribution in [2.24, 2.45) is 0 Å². The molecule has 0 saturated carbocycles. The predicted molar refractivity (Wildman–Crippen MR) is 79.6 cm³/mol. The summed E-state index contributed by atoms with van der Waals surface area (Å²) >= 11 is 0. The second-order valence-electron chi connectivity index (χ2n) is 4.50. The van der Waals surface area contributed by atoms with E-state index in [0.717, 1.165) is 5.69 Å². The molecule has 1 amide bonds. The molecule has 0 radical (unpaired) electrons. The summed E-state index contributed by atoms with van der Waals surface area (Å²) < 4.78 is 1.72. The van der Waals surface area contributed by atoms with Crippen LogP contribution in [0.3, 0.4) is 0 Å². The summed E-state index contributed by atoms with van der Waals surface area (Å²) in [5.74, 6) is -0.0974. The van der Waals surface area contributed by atoms with Gasteiger partial charge in [0.05, 0.1) is 5.69 Å². The zero-order chi connectivity index (χ0) is 14.7. The van der Waals surface area contributed by atoms with Crippen LogP contribution < -0.4 is 5.32 Å². The summed E-state index contributed by atoms with van der Waals surface area (Å²) in [5, 5.41) is 16.2. The molecule has 0 spiro atoms. The van der Waals surface area contributed by atoms with E-state index >= 15 is 0 Å². The van der Waals surface area contributed by atoms with Gasteiger partial charge >= 0.3 is 0 Å². The van der Waals surface area contributed by atoms with Crippen LogP contribution in [0.15, 0.2) is 67.0 Å². The fraction of sp³-hybridized carbons (Fsp3) is 0. The molecule has 0 bridgehead atoms. The smallest absolute Gasteiger partial charge is 0.255 e. The van der Waals surface area contributed by atoms with Crippen LogP contribution in [0.5, 0.6) is 5.75 Å². The van der Waals surface area contributed by atoms with E-state index in [-0.39, 0.29) is 11.7 Å². The van der Waals surface area contributed by atoms with Gasteiger partial charge in [0, 0.05) is 23.6 Å². The molecule has 1 heterocycles. The van der Waals surface area contributed by atoms with Gasteiger partial charge in [-0.25, -0.2) is 4.68 Å². The van der Waals surface area contributed by atoms with Crippen molar-refractivity contribution in [1.82, 2.24) is 9.78 Å². The number of anilines is 1. The summed E-state index contributed by atoms with van der Waals surface area (Å²) in [4.78, 5) is 12.1. The van der Waals surface area contributed by atoms with Crippen LogP contribution in [-0.4, -0.2) is 20.8 Å². The van der Waals surface area contributed by atoms with Gasteiger partial charge < -0.3 is 10.4 Å². The van der Waals surface area contributed by atoms with Crippen molar-refractivity contribution in [2.75, 3.05) is 5.32 Å². The average Bonchev–Trinajstić information content (AvgIpc) is 3.02. The third-order valence-corrected chi connectivity index (χ3v) is 3.00. The highest BCUT2D eigenvalue weighted by Gasteiger charge is 2.06. The van der Waals surface area contributed by atoms with E-state index in [9.17, 15) is 9.90 Å². The number of amides is 1. The number of carbonyl (C=O) groups excluding carboxylic acids is 1. The molecule has 0 saturated heterocycles. The van der Waals surface area contributed by atoms with Gasteiger partial charge in [-0.2, -0.15) is 5.10 Å². The van der Waals surface area contributed by atoms with Crippen LogP contribution in [0.2, 0.25) is 0 Å². The molecule has 2 aromatic carbocycles. The Kier molecular flexibility index (Phi) is 3.39. The lowest BCUT2D eigenvalue weighted by atomic mass is 10.2. The molecular weight excluding hydrogens is 266 g/mol. The first-order chi connectivity index (χ1) is 10.2. The van der Waals surface area contributed by atoms with Crippen LogP contribution in [-0.2, 0) is 0 Å². The molecule has 2 N–H and O–H groups in total. The van der Waals surface area contributed by atoms with Crippen LogP contribution in [0.1, 0.15) is 10.4 Å². The zero-order valence-corrected chi connectivity index (χ0v) is 11.1. The minimum Gasteiger partial charge on any atom is -0.508 e. The van der Waals surface area contributed by atoms with Gasteiger partial charge in [-0.3, -0.25) is 4.79 Å². The molecular formula is C16H13N3O2. The zero-order valence-electron chi connectivity index (χ0n) is 11.1. The van der Waals surface area contributed by atoms with Gasteiger partial charge in [-0.15, -0.1) is 0 Å². The van der Waals surface area contributed by atoms with Gasteiger partial charge in [0.1, 0.15) is 5.75 Å². The summed E-state index contributed by atoms with van der Waals surface area (Å²) in [6.07, 6.45) is 3.53. The lowest BCUT2D eigenvalue weighted by molar-refractivity contribution is 0.102. The van der Waals surface area contributed by atoms with Crippen molar-refractivity contribution in [3.8, 4) is 11.4 Å². The van der Waals surface area contributed by atoms with Crippen LogP contribution >= 0.6 is 0 Å². The third-order valence-electron chi connectivity index (χ3n) is 3.00. The number of aromatic nitrogens is 2. The van der Waals surface area contributed by atoms with E-state index in [0.29, 0.717) is 11.3 Å². The number of hydrogen-bond donors (Lipinski definition) is 2. The second-order valence-corrected chi connectivity index (χ2v) is 4.50. The molecule has 0 aliphatic rings. The molecule has 0 atom stereocenters. The number of nitrogens with zero attached hydrogens (tertiary/aromatic N) is 2. The topological polar surface area (TPSA) is 67.2 Å². The number of aromatic hydroxyl groups is 1. The molecule has 0 aliphatic carbocycles. The Balaban J connectivity index is 1.80. The Morgan fingerprint density at radius 3 is 2.62 bits per heavy atom. The van der Waals surface area contributed by atoms with E-state index < -0.39 is 0 Å². The third kappa shape index (κ3) is 2.92. The Hall–Kier alpha value is -3.08. The Morgan fingerprint density at radius 1 is 1.10 bits per heavy atom. The monoisotopic (exact) mass is 279 g/mol. The van der Waals surface area contributed by atoms with E-state index in [4.69, 9.17) is 0 Å². The van der Waals surface area contributed by atoms with Gasteiger partial charge in [-0.1, -0.05) is 6.07 Å². The van der Waals surface area contributed by atoms with E-state index in [1.165, 1.54) is 12.1 Å². The maximum absolute atomic E-state index is 12.1. The quantitative estimate of drug-likeness (QED) is 0.774. The Labute approximate surface area is 121 Å². The highest BCUT2D eigenvalue weighted by Crippen LogP contribution is 2.16. The van der Waals surface area contributed by atoms with E-state index in [1.54, 1.807) is 23.0 Å². The van der Waals surface area contributed by atoms with Crippen molar-refractivity contribution in [3.63, 3.8) is 0 Å². The van der Waals surface area contributed by atoms with Gasteiger partial charge in [0.25, 0.3) is 5.91 Å². The van der Waals surface area contributed by atoms with E-state index in [2.05, 4.69) is 10.4 Å². The van der Waals surface area contributed by atoms with Crippen LogP contribution in [0, 0.1) is 0 Å². The number of phenols is 1. The molecule has 3 rings (SSSR count). The SMILES string of the molecule is O=C(Nc1cccc(-n2cccn2)c1)c1ccc(O)cc1. The largest absolute Gasteiger partial charge is 0.508 e. The normalized spacial score (nSPS) is 10.3. The number of hydrogen-bond acceptors (Lipinski definition) is 3. The fourth-order valence-electron chi connectivity index (χ4n) is 1.96. The summed E-state index contributed by atoms with van der Waals surface area (Å²) in [5.41, 5.74) is 2.03. The predicted octanol–water partition coefficient (Wildman–Crippen LogP) is 2.83. The number of phenolic OH excluding ortho intramolecular Hbond substituents is 1. The highest BCUT2D eigenvalue weighted by molar-refractivity contribution is 6.04. The van der Waals surface area contributed by atoms with Crippen molar-refractivity contribution in [3.05, 3.63) is 72.6 Å². The number of benzene rings is 2. The van der Waals surface area contributed by atoms with Crippen LogP contribution in [0.4, 0.5) is 5.69 Å². The maximum Gasteiger partial charge on any atom is 0.255 e. The molecule has 104 valence electrons. The number of rotatable bonds is 3. The van der Waals surface area contributed by atoms with Crippen molar-refractivity contribution in [2.45, 2.75) is 0 Å². The number of nitrogens with one attached hydrogen (secondary N) is 1. The van der Waals surface area contributed by atoms with Gasteiger partial charge in [-0.05, 0) is 48.5 Å². The summed E-state index contributed by atoms with van der Waals surface area (Å²) in [6, 6.07) is 15.3. The lowest BCUT2D eigenvalue weighted by Crippen LogP contribution is -2.11. The highest BCUT2D eigenvalue weighted by atomic mass is 16.3. The molecule has 0 aliphatic heterocycles. The van der Waals surface area contributed by atoms with Gasteiger partial charge in [0.2, 0.25) is 0 Å². The van der Waals surface area contributed by atoms with Crippen molar-refractivity contribution >= 4 is 11.6 Å². The first-order valence-electron chi connectivity index (χ1n) is 6.43. The van der Waals surface area contributed by atoms with Crippen molar-refractivity contribution in [1.29, 1.82) is 0 Å². The molecule has 0 unspecified atom stereocenters. The van der Waals surface area contributed by atoms with Crippen molar-refractivity contribution < 1.29 is 9.90 Å². The Morgan fingerprint density at radius 2 is 1.90 bits per heavy atom. The first kappa shape index (κ1) is 12.9. The molecule has 1 aromatic heterocycles. The molecule has 5 heteroatoms. The molecule has 21 heavy (non-hydrogen) atoms.